The summed E-state index contributed by atoms with van der Waals surface area (Å²) in [6.45, 7) is 2.42. The fraction of sp³-hybridized carbons (Fsp3) is 0.857. The van der Waals surface area contributed by atoms with E-state index in [9.17, 15) is 8.42 Å². The van der Waals surface area contributed by atoms with E-state index in [0.717, 1.165) is 0 Å². The lowest BCUT2D eigenvalue weighted by Gasteiger charge is -2.15. The first-order chi connectivity index (χ1) is 6.41. The van der Waals surface area contributed by atoms with Crippen molar-refractivity contribution in [2.75, 3.05) is 12.4 Å². The van der Waals surface area contributed by atoms with Gasteiger partial charge in [-0.1, -0.05) is 12.2 Å². The summed E-state index contributed by atoms with van der Waals surface area (Å²) >= 11 is 4.54. The zero-order chi connectivity index (χ0) is 10.8. The molecule has 1 aliphatic rings. The normalized spacial score (nSPS) is 27.8. The number of hydrogen-bond acceptors (Lipinski definition) is 4. The van der Waals surface area contributed by atoms with Gasteiger partial charge in [0.15, 0.2) is 0 Å². The Morgan fingerprint density at radius 2 is 2.36 bits per heavy atom. The van der Waals surface area contributed by atoms with Crippen molar-refractivity contribution in [2.24, 2.45) is 5.73 Å². The molecular weight excluding hydrogens is 224 g/mol. The zero-order valence-corrected chi connectivity index (χ0v) is 9.53. The molecule has 0 saturated carbocycles. The number of thiocarbonyl (C=S) groups is 1. The molecule has 0 bridgehead atoms. The highest BCUT2D eigenvalue weighted by atomic mass is 32.2. The average Bonchev–Trinajstić information content (AvgIpc) is 2.32. The molecule has 2 unspecified atom stereocenters. The SMILES string of the molecule is CC1OCCC1NS(=O)(=O)CC(N)=S. The average molecular weight is 238 g/mol. The number of ether oxygens (including phenoxy) is 1. The Hall–Kier alpha value is -0.240. The summed E-state index contributed by atoms with van der Waals surface area (Å²) in [6, 6.07) is -0.158. The summed E-state index contributed by atoms with van der Waals surface area (Å²) in [7, 11) is -3.39. The molecule has 1 saturated heterocycles. The van der Waals surface area contributed by atoms with Crippen LogP contribution in [0.15, 0.2) is 0 Å². The molecule has 1 heterocycles. The molecule has 1 fully saturated rings. The van der Waals surface area contributed by atoms with Crippen LogP contribution in [0.4, 0.5) is 0 Å². The molecule has 0 aromatic heterocycles. The number of nitrogens with one attached hydrogen (secondary N) is 1. The molecule has 14 heavy (non-hydrogen) atoms. The van der Waals surface area contributed by atoms with Crippen molar-refractivity contribution in [1.82, 2.24) is 4.72 Å². The van der Waals surface area contributed by atoms with E-state index in [0.29, 0.717) is 13.0 Å². The fourth-order valence-corrected chi connectivity index (χ4v) is 3.04. The van der Waals surface area contributed by atoms with Crippen LogP contribution in [-0.2, 0) is 14.8 Å². The Balaban J connectivity index is 2.54. The predicted molar refractivity (Wildman–Crippen MR) is 57.5 cm³/mol. The molecule has 3 N–H and O–H groups in total. The highest BCUT2D eigenvalue weighted by Gasteiger charge is 2.28. The maximum Gasteiger partial charge on any atom is 0.218 e. The van der Waals surface area contributed by atoms with Gasteiger partial charge in [-0.15, -0.1) is 0 Å². The standard InChI is InChI=1S/C7H14N2O3S2/c1-5-6(2-3-12-5)9-14(10,11)4-7(8)13/h5-6,9H,2-4H2,1H3,(H2,8,13). The summed E-state index contributed by atoms with van der Waals surface area (Å²) in [5.41, 5.74) is 5.17. The Morgan fingerprint density at radius 3 is 2.79 bits per heavy atom. The lowest BCUT2D eigenvalue weighted by atomic mass is 10.2. The summed E-state index contributed by atoms with van der Waals surface area (Å²) in [5, 5.41) is 0. The van der Waals surface area contributed by atoms with Gasteiger partial charge >= 0.3 is 0 Å². The van der Waals surface area contributed by atoms with Gasteiger partial charge in [-0.25, -0.2) is 13.1 Å². The van der Waals surface area contributed by atoms with Crippen LogP contribution in [0.5, 0.6) is 0 Å². The molecule has 5 nitrogen and oxygen atoms in total. The monoisotopic (exact) mass is 238 g/mol. The van der Waals surface area contributed by atoms with E-state index >= 15 is 0 Å². The fourth-order valence-electron chi connectivity index (χ4n) is 1.35. The minimum absolute atomic E-state index is 0.0240. The number of sulfonamides is 1. The van der Waals surface area contributed by atoms with Crippen LogP contribution in [0, 0.1) is 0 Å². The van der Waals surface area contributed by atoms with Crippen LogP contribution < -0.4 is 10.5 Å². The predicted octanol–water partition coefficient (Wildman–Crippen LogP) is -0.631. The molecule has 0 aromatic carbocycles. The van der Waals surface area contributed by atoms with Crippen molar-refractivity contribution in [2.45, 2.75) is 25.5 Å². The lowest BCUT2D eigenvalue weighted by molar-refractivity contribution is 0.117. The molecule has 0 spiro atoms. The van der Waals surface area contributed by atoms with Crippen LogP contribution in [0.1, 0.15) is 13.3 Å². The van der Waals surface area contributed by atoms with E-state index < -0.39 is 10.0 Å². The third-order valence-electron chi connectivity index (χ3n) is 2.04. The topological polar surface area (TPSA) is 81.4 Å². The van der Waals surface area contributed by atoms with E-state index in [4.69, 9.17) is 10.5 Å². The Labute approximate surface area is 89.0 Å². The smallest absolute Gasteiger partial charge is 0.218 e. The van der Waals surface area contributed by atoms with Gasteiger partial charge in [0.1, 0.15) is 5.75 Å². The highest BCUT2D eigenvalue weighted by molar-refractivity contribution is 7.92. The second-order valence-corrected chi connectivity index (χ2v) is 5.59. The van der Waals surface area contributed by atoms with Gasteiger partial charge in [-0.2, -0.15) is 0 Å². The van der Waals surface area contributed by atoms with E-state index in [1.807, 2.05) is 6.92 Å². The van der Waals surface area contributed by atoms with E-state index in [1.165, 1.54) is 0 Å². The van der Waals surface area contributed by atoms with Crippen LogP contribution in [0.2, 0.25) is 0 Å². The van der Waals surface area contributed by atoms with Gasteiger partial charge in [0.25, 0.3) is 0 Å². The van der Waals surface area contributed by atoms with Gasteiger partial charge in [0, 0.05) is 12.6 Å². The number of hydrogen-bond donors (Lipinski definition) is 2. The molecule has 1 aliphatic heterocycles. The maximum atomic E-state index is 11.4. The third-order valence-corrected chi connectivity index (χ3v) is 3.72. The highest BCUT2D eigenvalue weighted by Crippen LogP contribution is 2.13. The molecule has 7 heteroatoms. The summed E-state index contributed by atoms with van der Waals surface area (Å²) in [4.78, 5) is -0.0240. The van der Waals surface area contributed by atoms with E-state index in [-0.39, 0.29) is 22.9 Å². The summed E-state index contributed by atoms with van der Waals surface area (Å²) in [6.07, 6.45) is 0.605. The number of rotatable bonds is 4. The largest absolute Gasteiger partial charge is 0.392 e. The van der Waals surface area contributed by atoms with Crippen LogP contribution in [0.25, 0.3) is 0 Å². The first-order valence-electron chi connectivity index (χ1n) is 4.30. The Bertz CT molecular complexity index is 315. The van der Waals surface area contributed by atoms with Crippen molar-refractivity contribution in [3.63, 3.8) is 0 Å². The van der Waals surface area contributed by atoms with Gasteiger partial charge in [0.2, 0.25) is 10.0 Å². The number of nitrogens with two attached hydrogens (primary N) is 1. The van der Waals surface area contributed by atoms with Crippen molar-refractivity contribution < 1.29 is 13.2 Å². The van der Waals surface area contributed by atoms with E-state index in [1.54, 1.807) is 0 Å². The molecule has 0 radical (unpaired) electrons. The maximum absolute atomic E-state index is 11.4. The second kappa shape index (κ2) is 4.52. The molecule has 0 amide bonds. The first-order valence-corrected chi connectivity index (χ1v) is 6.36. The van der Waals surface area contributed by atoms with Gasteiger partial charge < -0.3 is 10.5 Å². The first kappa shape index (κ1) is 11.8. The van der Waals surface area contributed by atoms with Crippen molar-refractivity contribution in [3.05, 3.63) is 0 Å². The summed E-state index contributed by atoms with van der Waals surface area (Å²) in [5.74, 6) is -0.300. The zero-order valence-electron chi connectivity index (χ0n) is 7.89. The molecule has 82 valence electrons. The Kier molecular flexibility index (Phi) is 3.82. The molecule has 0 aromatic rings. The molecule has 2 atom stereocenters. The third kappa shape index (κ3) is 3.49. The quantitative estimate of drug-likeness (QED) is 0.637. The van der Waals surface area contributed by atoms with E-state index in [2.05, 4.69) is 16.9 Å². The molecule has 0 aliphatic carbocycles. The van der Waals surface area contributed by atoms with Crippen molar-refractivity contribution >= 4 is 27.2 Å². The van der Waals surface area contributed by atoms with Crippen LogP contribution in [0.3, 0.4) is 0 Å². The second-order valence-electron chi connectivity index (χ2n) is 3.31. The summed E-state index contributed by atoms with van der Waals surface area (Å²) < 4.78 is 30.6. The lowest BCUT2D eigenvalue weighted by Crippen LogP contribution is -2.42. The van der Waals surface area contributed by atoms with Gasteiger partial charge in [-0.05, 0) is 13.3 Å². The van der Waals surface area contributed by atoms with Crippen molar-refractivity contribution in [1.29, 1.82) is 0 Å². The molecule has 1 rings (SSSR count). The van der Waals surface area contributed by atoms with Crippen LogP contribution >= 0.6 is 12.2 Å². The molecular formula is C7H14N2O3S2. The minimum Gasteiger partial charge on any atom is -0.392 e. The van der Waals surface area contributed by atoms with Crippen LogP contribution in [-0.4, -0.2) is 37.9 Å². The van der Waals surface area contributed by atoms with Gasteiger partial charge in [0.05, 0.1) is 11.1 Å². The van der Waals surface area contributed by atoms with Gasteiger partial charge in [-0.3, -0.25) is 0 Å². The van der Waals surface area contributed by atoms with Crippen molar-refractivity contribution in [3.8, 4) is 0 Å². The Morgan fingerprint density at radius 1 is 1.71 bits per heavy atom. The minimum atomic E-state index is -3.39.